The van der Waals surface area contributed by atoms with Crippen molar-refractivity contribution in [2.45, 2.75) is 51.7 Å². The maximum atomic E-state index is 15.2. The number of hydrogen-bond donors (Lipinski definition) is 0. The molecule has 0 spiro atoms. The van der Waals surface area contributed by atoms with Crippen LogP contribution in [0.5, 0.6) is 0 Å². The lowest BCUT2D eigenvalue weighted by Gasteiger charge is -2.32. The average molecular weight is 333 g/mol. The van der Waals surface area contributed by atoms with Crippen molar-refractivity contribution in [3.05, 3.63) is 45.7 Å². The molecule has 7 heteroatoms. The van der Waals surface area contributed by atoms with Crippen LogP contribution in [0.2, 0.25) is 0 Å². The fourth-order valence-corrected chi connectivity index (χ4v) is 2.80. The van der Waals surface area contributed by atoms with Crippen LogP contribution >= 0.6 is 0 Å². The molecule has 0 bridgehead atoms. The lowest BCUT2D eigenvalue weighted by molar-refractivity contribution is -0.384. The zero-order valence-electron chi connectivity index (χ0n) is 14.3. The van der Waals surface area contributed by atoms with Crippen molar-refractivity contribution >= 4 is 18.4 Å². The van der Waals surface area contributed by atoms with Gasteiger partial charge in [0, 0.05) is 12.1 Å². The SMILES string of the molecule is CC1(C)OB(C(F)=C(c2cccc([N+](=O)[O-])c2)C2CC2)OC1(C)C. The number of benzene rings is 1. The highest BCUT2D eigenvalue weighted by molar-refractivity contribution is 6.55. The Labute approximate surface area is 141 Å². The predicted octanol–water partition coefficient (Wildman–Crippen LogP) is 4.32. The van der Waals surface area contributed by atoms with Crippen molar-refractivity contribution < 1.29 is 18.6 Å². The normalized spacial score (nSPS) is 23.1. The van der Waals surface area contributed by atoms with Gasteiger partial charge in [0.15, 0.2) is 0 Å². The zero-order valence-corrected chi connectivity index (χ0v) is 14.3. The Balaban J connectivity index is 2.00. The largest absolute Gasteiger partial charge is 0.525 e. The van der Waals surface area contributed by atoms with Crippen molar-refractivity contribution in [1.82, 2.24) is 0 Å². The lowest BCUT2D eigenvalue weighted by Crippen LogP contribution is -2.41. The quantitative estimate of drug-likeness (QED) is 0.468. The Morgan fingerprint density at radius 3 is 2.33 bits per heavy atom. The van der Waals surface area contributed by atoms with Crippen LogP contribution < -0.4 is 0 Å². The van der Waals surface area contributed by atoms with Crippen molar-refractivity contribution in [3.8, 4) is 0 Å². The molecule has 0 aromatic heterocycles. The second-order valence-electron chi connectivity index (χ2n) is 7.43. The van der Waals surface area contributed by atoms with E-state index in [1.54, 1.807) is 12.1 Å². The Bertz CT molecular complexity index is 696. The summed E-state index contributed by atoms with van der Waals surface area (Å²) in [6, 6.07) is 6.10. The summed E-state index contributed by atoms with van der Waals surface area (Å²) in [6.45, 7) is 7.46. The van der Waals surface area contributed by atoms with Gasteiger partial charge in [-0.15, -0.1) is 0 Å². The van der Waals surface area contributed by atoms with Gasteiger partial charge in [-0.1, -0.05) is 12.1 Å². The Morgan fingerprint density at radius 1 is 1.25 bits per heavy atom. The molecular formula is C17H21BFNO4. The minimum Gasteiger partial charge on any atom is -0.398 e. The lowest BCUT2D eigenvalue weighted by atomic mass is 9.81. The summed E-state index contributed by atoms with van der Waals surface area (Å²) in [5, 5.41) is 11.0. The highest BCUT2D eigenvalue weighted by atomic mass is 19.1. The molecule has 1 saturated heterocycles. The number of nitro groups is 1. The van der Waals surface area contributed by atoms with E-state index in [0.29, 0.717) is 11.1 Å². The molecule has 2 aliphatic rings. The van der Waals surface area contributed by atoms with E-state index in [1.165, 1.54) is 12.1 Å². The summed E-state index contributed by atoms with van der Waals surface area (Å²) in [6.07, 6.45) is 1.73. The highest BCUT2D eigenvalue weighted by Gasteiger charge is 2.54. The standard InChI is InChI=1S/C17H21BFNO4/c1-16(2)17(3,4)24-18(23-16)15(19)14(11-8-9-11)12-6-5-7-13(10-12)20(21)22/h5-7,10-11H,8-9H2,1-4H3. The van der Waals surface area contributed by atoms with E-state index < -0.39 is 29.0 Å². The molecule has 0 N–H and O–H groups in total. The summed E-state index contributed by atoms with van der Waals surface area (Å²) in [5.74, 6) is 0.0611. The van der Waals surface area contributed by atoms with E-state index in [9.17, 15) is 10.1 Å². The summed E-state index contributed by atoms with van der Waals surface area (Å²) in [4.78, 5) is 10.5. The molecule has 0 amide bonds. The van der Waals surface area contributed by atoms with Crippen molar-refractivity contribution in [2.24, 2.45) is 5.92 Å². The van der Waals surface area contributed by atoms with Gasteiger partial charge in [0.05, 0.1) is 16.1 Å². The summed E-state index contributed by atoms with van der Waals surface area (Å²) >= 11 is 0. The maximum Gasteiger partial charge on any atom is 0.525 e. The fourth-order valence-electron chi connectivity index (χ4n) is 2.80. The van der Waals surface area contributed by atoms with Crippen LogP contribution in [0, 0.1) is 16.0 Å². The van der Waals surface area contributed by atoms with Crippen LogP contribution in [-0.2, 0) is 9.31 Å². The monoisotopic (exact) mass is 333 g/mol. The number of rotatable bonds is 4. The Morgan fingerprint density at radius 2 is 1.83 bits per heavy atom. The fraction of sp³-hybridized carbons (Fsp3) is 0.529. The van der Waals surface area contributed by atoms with Gasteiger partial charge in [0.2, 0.25) is 0 Å². The third-order valence-electron chi connectivity index (χ3n) is 5.07. The van der Waals surface area contributed by atoms with Crippen LogP contribution in [-0.4, -0.2) is 23.2 Å². The first-order valence-electron chi connectivity index (χ1n) is 8.12. The predicted molar refractivity (Wildman–Crippen MR) is 89.9 cm³/mol. The molecular weight excluding hydrogens is 312 g/mol. The number of nitrogens with zero attached hydrogens (tertiary/aromatic N) is 1. The van der Waals surface area contributed by atoms with Crippen LogP contribution in [0.3, 0.4) is 0 Å². The van der Waals surface area contributed by atoms with Crippen LogP contribution in [0.1, 0.15) is 46.1 Å². The topological polar surface area (TPSA) is 61.6 Å². The zero-order chi connectivity index (χ0) is 17.7. The molecule has 0 unspecified atom stereocenters. The number of allylic oxidation sites excluding steroid dienone is 1. The highest BCUT2D eigenvalue weighted by Crippen LogP contribution is 2.47. The van der Waals surface area contributed by atoms with E-state index >= 15 is 4.39 Å². The molecule has 1 aliphatic carbocycles. The molecule has 1 saturated carbocycles. The van der Waals surface area contributed by atoms with Crippen molar-refractivity contribution in [1.29, 1.82) is 0 Å². The van der Waals surface area contributed by atoms with Gasteiger partial charge in [0.1, 0.15) is 5.73 Å². The second kappa shape index (κ2) is 5.67. The Hall–Kier alpha value is -1.73. The molecule has 128 valence electrons. The van der Waals surface area contributed by atoms with Crippen LogP contribution in [0.4, 0.5) is 10.1 Å². The maximum absolute atomic E-state index is 15.2. The van der Waals surface area contributed by atoms with Gasteiger partial charge in [0.25, 0.3) is 5.69 Å². The van der Waals surface area contributed by atoms with Gasteiger partial charge in [-0.2, -0.15) is 0 Å². The average Bonchev–Trinajstić information content (AvgIpc) is 3.27. The molecule has 24 heavy (non-hydrogen) atoms. The first-order chi connectivity index (χ1) is 11.1. The smallest absolute Gasteiger partial charge is 0.398 e. The molecule has 3 rings (SSSR count). The van der Waals surface area contributed by atoms with Gasteiger partial charge in [-0.05, 0) is 57.6 Å². The molecule has 1 heterocycles. The molecule has 1 aromatic carbocycles. The van der Waals surface area contributed by atoms with Gasteiger partial charge >= 0.3 is 7.12 Å². The molecule has 0 radical (unpaired) electrons. The Kier molecular flexibility index (Phi) is 4.04. The van der Waals surface area contributed by atoms with Crippen LogP contribution in [0.15, 0.2) is 30.0 Å². The molecule has 2 fully saturated rings. The molecule has 0 atom stereocenters. The number of halogens is 1. The van der Waals surface area contributed by atoms with Gasteiger partial charge < -0.3 is 9.31 Å². The minimum atomic E-state index is -1.08. The number of non-ortho nitro benzene ring substituents is 1. The molecule has 1 aliphatic heterocycles. The molecule has 1 aromatic rings. The van der Waals surface area contributed by atoms with Crippen molar-refractivity contribution in [2.75, 3.05) is 0 Å². The summed E-state index contributed by atoms with van der Waals surface area (Å²) in [7, 11) is -1.08. The minimum absolute atomic E-state index is 0.0487. The van der Waals surface area contributed by atoms with E-state index in [4.69, 9.17) is 9.31 Å². The van der Waals surface area contributed by atoms with E-state index in [-0.39, 0.29) is 11.6 Å². The third kappa shape index (κ3) is 2.98. The number of nitro benzene ring substituents is 1. The van der Waals surface area contributed by atoms with Crippen LogP contribution in [0.25, 0.3) is 5.57 Å². The summed E-state index contributed by atoms with van der Waals surface area (Å²) in [5.41, 5.74) is -0.793. The van der Waals surface area contributed by atoms with E-state index in [2.05, 4.69) is 0 Å². The van der Waals surface area contributed by atoms with Gasteiger partial charge in [-0.3, -0.25) is 10.1 Å². The number of hydrogen-bond acceptors (Lipinski definition) is 4. The third-order valence-corrected chi connectivity index (χ3v) is 5.07. The van der Waals surface area contributed by atoms with Gasteiger partial charge in [-0.25, -0.2) is 4.39 Å². The first-order valence-corrected chi connectivity index (χ1v) is 8.12. The first kappa shape index (κ1) is 17.1. The summed E-state index contributed by atoms with van der Waals surface area (Å²) < 4.78 is 26.8. The van der Waals surface area contributed by atoms with Crippen molar-refractivity contribution in [3.63, 3.8) is 0 Å². The van der Waals surface area contributed by atoms with E-state index in [1.807, 2.05) is 27.7 Å². The second-order valence-corrected chi connectivity index (χ2v) is 7.43. The van der Waals surface area contributed by atoms with E-state index in [0.717, 1.165) is 12.8 Å². The molecule has 5 nitrogen and oxygen atoms in total.